The van der Waals surface area contributed by atoms with Crippen LogP contribution in [0.25, 0.3) is 0 Å². The summed E-state index contributed by atoms with van der Waals surface area (Å²) in [5.41, 5.74) is -0.637. The Morgan fingerprint density at radius 2 is 1.60 bits per heavy atom. The summed E-state index contributed by atoms with van der Waals surface area (Å²) < 4.78 is 0. The van der Waals surface area contributed by atoms with Crippen LogP contribution in [0.3, 0.4) is 0 Å². The highest BCUT2D eigenvalue weighted by Gasteiger charge is 2.48. The summed E-state index contributed by atoms with van der Waals surface area (Å²) in [5.74, 6) is -2.18. The number of rotatable bonds is 9. The molecule has 4 N–H and O–H groups in total. The Labute approximate surface area is 285 Å². The highest BCUT2D eigenvalue weighted by Crippen LogP contribution is 2.34. The van der Waals surface area contributed by atoms with Crippen molar-refractivity contribution in [3.05, 3.63) is 24.3 Å². The fourth-order valence-electron chi connectivity index (χ4n) is 6.07. The summed E-state index contributed by atoms with van der Waals surface area (Å²) in [6.45, 7) is 9.97. The first-order valence-electron chi connectivity index (χ1n) is 17.8. The smallest absolute Gasteiger partial charge is 0.271 e. The lowest BCUT2D eigenvalue weighted by Crippen LogP contribution is -2.60. The minimum absolute atomic E-state index is 0.0583. The minimum Gasteiger partial charge on any atom is -0.373 e. The van der Waals surface area contributed by atoms with Crippen molar-refractivity contribution in [3.8, 4) is 0 Å². The van der Waals surface area contributed by atoms with Crippen LogP contribution in [-0.4, -0.2) is 98.4 Å². The molecule has 13 nitrogen and oxygen atoms in total. The number of aliphatic hydroxyl groups is 1. The molecule has 5 amide bonds. The number of aliphatic hydroxyl groups excluding tert-OH is 1. The Morgan fingerprint density at radius 1 is 0.979 bits per heavy atom. The van der Waals surface area contributed by atoms with Gasteiger partial charge in [-0.15, -0.1) is 0 Å². The molecule has 3 unspecified atom stereocenters. The van der Waals surface area contributed by atoms with E-state index in [0.717, 1.165) is 12.8 Å². The van der Waals surface area contributed by atoms with Gasteiger partial charge >= 0.3 is 0 Å². The fraction of sp³-hybridized carbons (Fsp3) is 0.743. The molecule has 3 heterocycles. The van der Waals surface area contributed by atoms with Crippen LogP contribution in [0.15, 0.2) is 18.6 Å². The Balaban J connectivity index is 0.000000607. The monoisotopic (exact) mass is 671 g/mol. The Hall–Kier alpha value is -3.61. The van der Waals surface area contributed by atoms with Gasteiger partial charge in [0.15, 0.2) is 0 Å². The van der Waals surface area contributed by atoms with Gasteiger partial charge in [0.05, 0.1) is 19.2 Å². The van der Waals surface area contributed by atoms with Crippen LogP contribution in [0, 0.1) is 11.3 Å². The molecule has 0 radical (unpaired) electrons. The van der Waals surface area contributed by atoms with E-state index in [9.17, 15) is 29.1 Å². The van der Waals surface area contributed by atoms with E-state index in [1.54, 1.807) is 20.8 Å². The molecule has 1 aromatic rings. The predicted molar refractivity (Wildman–Crippen MR) is 181 cm³/mol. The van der Waals surface area contributed by atoms with Gasteiger partial charge in [0.25, 0.3) is 5.91 Å². The van der Waals surface area contributed by atoms with Crippen molar-refractivity contribution in [2.75, 3.05) is 19.6 Å². The first-order chi connectivity index (χ1) is 22.8. The van der Waals surface area contributed by atoms with E-state index in [1.165, 1.54) is 73.3 Å². The van der Waals surface area contributed by atoms with Crippen LogP contribution >= 0.6 is 0 Å². The van der Waals surface area contributed by atoms with Gasteiger partial charge in [-0.05, 0) is 37.0 Å². The summed E-state index contributed by atoms with van der Waals surface area (Å²) in [5, 5.41) is 18.7. The Morgan fingerprint density at radius 3 is 2.15 bits per heavy atom. The first-order valence-corrected chi connectivity index (χ1v) is 17.8. The zero-order valence-corrected chi connectivity index (χ0v) is 29.5. The van der Waals surface area contributed by atoms with Crippen molar-refractivity contribution in [3.63, 3.8) is 0 Å². The molecule has 0 aromatic carbocycles. The van der Waals surface area contributed by atoms with Crippen LogP contribution in [0.4, 0.5) is 0 Å². The lowest BCUT2D eigenvalue weighted by molar-refractivity contribution is -0.154. The van der Waals surface area contributed by atoms with E-state index < -0.39 is 47.4 Å². The molecule has 4 aliphatic rings. The molecule has 2 saturated heterocycles. The second-order valence-electron chi connectivity index (χ2n) is 14.4. The molecule has 2 aliphatic heterocycles. The van der Waals surface area contributed by atoms with Gasteiger partial charge < -0.3 is 30.9 Å². The van der Waals surface area contributed by atoms with E-state index >= 15 is 0 Å². The number of aromatic nitrogens is 2. The highest BCUT2D eigenvalue weighted by molar-refractivity contribution is 5.96. The molecule has 4 atom stereocenters. The lowest BCUT2D eigenvalue weighted by Gasteiger charge is -2.38. The average molecular weight is 672 g/mol. The maximum absolute atomic E-state index is 13.8. The SMILES string of the molecule is C1CCCCC1.CC(C)(C)C(NC(=O)CNC(=O)c1cnccn1)C(=O)N1C[C@@H]2CCN(C(O)CC(=O)NC3CC3)C(=O)C1C2.CCC. The number of likely N-dealkylation sites (tertiary alicyclic amines) is 2. The van der Waals surface area contributed by atoms with Crippen LogP contribution in [0.1, 0.15) is 122 Å². The molecule has 2 aliphatic carbocycles. The molecule has 0 spiro atoms. The third-order valence-corrected chi connectivity index (χ3v) is 8.81. The van der Waals surface area contributed by atoms with E-state index in [-0.39, 0.29) is 36.5 Å². The van der Waals surface area contributed by atoms with Crippen LogP contribution < -0.4 is 16.0 Å². The maximum Gasteiger partial charge on any atom is 0.271 e. The fourth-order valence-corrected chi connectivity index (χ4v) is 6.07. The van der Waals surface area contributed by atoms with E-state index in [2.05, 4.69) is 39.8 Å². The number of nitrogens with one attached hydrogen (secondary N) is 3. The van der Waals surface area contributed by atoms with Gasteiger partial charge in [0.2, 0.25) is 23.6 Å². The molecule has 2 saturated carbocycles. The number of carbonyl (C=O) groups excluding carboxylic acids is 5. The van der Waals surface area contributed by atoms with Crippen molar-refractivity contribution >= 4 is 29.5 Å². The molecular weight excluding hydrogens is 614 g/mol. The quantitative estimate of drug-likeness (QED) is 0.310. The van der Waals surface area contributed by atoms with Gasteiger partial charge in [0.1, 0.15) is 24.0 Å². The zero-order chi connectivity index (χ0) is 35.3. The van der Waals surface area contributed by atoms with Crippen LogP contribution in [-0.2, 0) is 19.2 Å². The molecule has 2 bridgehead atoms. The zero-order valence-electron chi connectivity index (χ0n) is 29.5. The van der Waals surface area contributed by atoms with Crippen molar-refractivity contribution in [2.24, 2.45) is 11.3 Å². The number of hydrogen-bond acceptors (Lipinski definition) is 8. The van der Waals surface area contributed by atoms with Gasteiger partial charge in [-0.2, -0.15) is 0 Å². The van der Waals surface area contributed by atoms with Crippen LogP contribution in [0.2, 0.25) is 0 Å². The van der Waals surface area contributed by atoms with E-state index in [1.807, 2.05) is 0 Å². The van der Waals surface area contributed by atoms with Gasteiger partial charge in [-0.3, -0.25) is 29.0 Å². The standard InChI is InChI=1S/C26H37N7O6.C6H12.C3H8/c1-26(2,3)22(31-20(35)13-29-23(37)17-12-27-7-8-28-17)25(39)33-14-15-6-9-32(24(38)18(33)10-15)21(36)11-19(34)30-16-4-5-16;1-2-4-6-5-3-1;1-3-2/h7-8,12,15-16,18,21-22,36H,4-6,9-11,13-14H2,1-3H3,(H,29,37)(H,30,34)(H,31,35);1-6H2;3H2,1-2H3/t15-,18?,21?,22?;;/m1../s1. The Bertz CT molecular complexity index is 1200. The van der Waals surface area contributed by atoms with Gasteiger partial charge in [-0.1, -0.05) is 79.6 Å². The third-order valence-electron chi connectivity index (χ3n) is 8.81. The summed E-state index contributed by atoms with van der Waals surface area (Å²) in [6, 6.07) is -1.60. The molecule has 1 aromatic heterocycles. The normalized spacial score (nSPS) is 21.7. The molecule has 268 valence electrons. The molecule has 48 heavy (non-hydrogen) atoms. The van der Waals surface area contributed by atoms with Crippen molar-refractivity contribution < 1.29 is 29.1 Å². The van der Waals surface area contributed by atoms with Crippen molar-refractivity contribution in [2.45, 2.75) is 136 Å². The molecule has 4 fully saturated rings. The second kappa shape index (κ2) is 18.8. The molecule has 5 rings (SSSR count). The van der Waals surface area contributed by atoms with Crippen molar-refractivity contribution in [1.82, 2.24) is 35.7 Å². The molecular formula is C35H57N7O6. The predicted octanol–water partition coefficient (Wildman–Crippen LogP) is 2.93. The van der Waals surface area contributed by atoms with Crippen LogP contribution in [0.5, 0.6) is 0 Å². The average Bonchev–Trinajstić information content (AvgIpc) is 3.80. The topological polar surface area (TPSA) is 174 Å². The number of nitrogens with zero attached hydrogens (tertiary/aromatic N) is 4. The first kappa shape index (κ1) is 38.8. The summed E-state index contributed by atoms with van der Waals surface area (Å²) >= 11 is 0. The summed E-state index contributed by atoms with van der Waals surface area (Å²) in [4.78, 5) is 74.9. The minimum atomic E-state index is -1.27. The van der Waals surface area contributed by atoms with E-state index in [0.29, 0.717) is 25.9 Å². The lowest BCUT2D eigenvalue weighted by atomic mass is 9.85. The van der Waals surface area contributed by atoms with Crippen molar-refractivity contribution in [1.29, 1.82) is 0 Å². The van der Waals surface area contributed by atoms with E-state index in [4.69, 9.17) is 0 Å². The number of carbonyl (C=O) groups is 5. The number of amides is 5. The Kier molecular flexibility index (Phi) is 15.2. The van der Waals surface area contributed by atoms with Gasteiger partial charge in [-0.25, -0.2) is 4.98 Å². The summed E-state index contributed by atoms with van der Waals surface area (Å²) in [7, 11) is 0. The maximum atomic E-state index is 13.8. The number of hydrogen-bond donors (Lipinski definition) is 4. The number of fused-ring (bicyclic) bond motifs is 2. The third kappa shape index (κ3) is 12.1. The largest absolute Gasteiger partial charge is 0.373 e. The summed E-state index contributed by atoms with van der Waals surface area (Å²) in [6.07, 6.45) is 15.7. The highest BCUT2D eigenvalue weighted by atomic mass is 16.3. The molecule has 13 heteroatoms. The second-order valence-corrected chi connectivity index (χ2v) is 14.4. The van der Waals surface area contributed by atoms with Gasteiger partial charge in [0, 0.05) is 31.5 Å².